The number of amides is 1. The maximum absolute atomic E-state index is 11.1. The summed E-state index contributed by atoms with van der Waals surface area (Å²) in [5.74, 6) is 1.80. The quantitative estimate of drug-likeness (QED) is 0.658. The highest BCUT2D eigenvalue weighted by Crippen LogP contribution is 2.28. The molecule has 120 valence electrons. The van der Waals surface area contributed by atoms with Crippen molar-refractivity contribution < 1.29 is 9.32 Å². The molecule has 7 nitrogen and oxygen atoms in total. The third-order valence-corrected chi connectivity index (χ3v) is 4.93. The van der Waals surface area contributed by atoms with Crippen molar-refractivity contribution in [1.29, 1.82) is 0 Å². The van der Waals surface area contributed by atoms with Gasteiger partial charge in [-0.1, -0.05) is 23.0 Å². The van der Waals surface area contributed by atoms with Crippen LogP contribution in [0.1, 0.15) is 17.9 Å². The number of rotatable bonds is 7. The standard InChI is InChI=1S/C14H15N5O2S2/c1-9-7-10(18-21-9)8-23-14-17-16-13(11-3-2-6-22-11)19(14)5-4-12(15)20/h2-3,6-7H,4-5,8H2,1H3,(H2,15,20). The van der Waals surface area contributed by atoms with Crippen molar-refractivity contribution in [1.82, 2.24) is 19.9 Å². The lowest BCUT2D eigenvalue weighted by atomic mass is 10.4. The Labute approximate surface area is 140 Å². The minimum Gasteiger partial charge on any atom is -0.370 e. The van der Waals surface area contributed by atoms with Crippen molar-refractivity contribution in [3.05, 3.63) is 35.0 Å². The smallest absolute Gasteiger partial charge is 0.219 e. The minimum atomic E-state index is -0.348. The van der Waals surface area contributed by atoms with E-state index in [1.54, 1.807) is 11.3 Å². The van der Waals surface area contributed by atoms with Crippen LogP contribution >= 0.6 is 23.1 Å². The molecule has 0 radical (unpaired) electrons. The van der Waals surface area contributed by atoms with Gasteiger partial charge in [0, 0.05) is 24.8 Å². The molecular weight excluding hydrogens is 334 g/mol. The predicted octanol–water partition coefficient (Wildman–Crippen LogP) is 2.47. The lowest BCUT2D eigenvalue weighted by molar-refractivity contribution is -0.118. The summed E-state index contributed by atoms with van der Waals surface area (Å²) in [5, 5.41) is 15.2. The Bertz CT molecular complexity index is 794. The van der Waals surface area contributed by atoms with Crippen LogP contribution in [0.2, 0.25) is 0 Å². The summed E-state index contributed by atoms with van der Waals surface area (Å²) in [6.45, 7) is 2.31. The summed E-state index contributed by atoms with van der Waals surface area (Å²) >= 11 is 3.08. The largest absolute Gasteiger partial charge is 0.370 e. The molecule has 23 heavy (non-hydrogen) atoms. The van der Waals surface area contributed by atoms with E-state index in [4.69, 9.17) is 10.3 Å². The molecule has 0 saturated heterocycles. The summed E-state index contributed by atoms with van der Waals surface area (Å²) < 4.78 is 6.99. The van der Waals surface area contributed by atoms with E-state index in [1.807, 2.05) is 35.1 Å². The van der Waals surface area contributed by atoms with Gasteiger partial charge in [-0.25, -0.2) is 0 Å². The SMILES string of the molecule is Cc1cc(CSc2nnc(-c3cccs3)n2CCC(N)=O)no1. The molecule has 0 atom stereocenters. The summed E-state index contributed by atoms with van der Waals surface area (Å²) in [4.78, 5) is 12.1. The lowest BCUT2D eigenvalue weighted by Gasteiger charge is -2.07. The fourth-order valence-corrected chi connectivity index (χ4v) is 3.59. The van der Waals surface area contributed by atoms with Gasteiger partial charge < -0.3 is 14.8 Å². The monoisotopic (exact) mass is 349 g/mol. The molecular formula is C14H15N5O2S2. The first-order chi connectivity index (χ1) is 11.1. The van der Waals surface area contributed by atoms with Gasteiger partial charge in [-0.3, -0.25) is 4.79 Å². The second-order valence-corrected chi connectivity index (χ2v) is 6.76. The normalized spacial score (nSPS) is 11.0. The first-order valence-corrected chi connectivity index (χ1v) is 8.80. The molecule has 0 fully saturated rings. The summed E-state index contributed by atoms with van der Waals surface area (Å²) in [6.07, 6.45) is 0.243. The zero-order valence-electron chi connectivity index (χ0n) is 12.4. The van der Waals surface area contributed by atoms with E-state index in [9.17, 15) is 4.79 Å². The van der Waals surface area contributed by atoms with E-state index < -0.39 is 0 Å². The van der Waals surface area contributed by atoms with Crippen molar-refractivity contribution in [2.24, 2.45) is 5.73 Å². The van der Waals surface area contributed by atoms with E-state index in [0.717, 1.165) is 27.3 Å². The fourth-order valence-electron chi connectivity index (χ4n) is 2.03. The van der Waals surface area contributed by atoms with Crippen LogP contribution in [0.5, 0.6) is 0 Å². The van der Waals surface area contributed by atoms with Crippen molar-refractivity contribution in [2.45, 2.75) is 30.8 Å². The van der Waals surface area contributed by atoms with Crippen molar-refractivity contribution in [2.75, 3.05) is 0 Å². The number of primary amides is 1. The molecule has 3 rings (SSSR count). The third kappa shape index (κ3) is 3.80. The third-order valence-electron chi connectivity index (χ3n) is 3.07. The molecule has 0 spiro atoms. The molecule has 0 aliphatic rings. The van der Waals surface area contributed by atoms with Crippen LogP contribution < -0.4 is 5.73 Å². The van der Waals surface area contributed by atoms with E-state index in [-0.39, 0.29) is 12.3 Å². The highest BCUT2D eigenvalue weighted by molar-refractivity contribution is 7.98. The van der Waals surface area contributed by atoms with E-state index in [0.29, 0.717) is 12.3 Å². The molecule has 3 heterocycles. The number of nitrogens with zero attached hydrogens (tertiary/aromatic N) is 4. The zero-order chi connectivity index (χ0) is 16.2. The Balaban J connectivity index is 1.82. The molecule has 0 aliphatic heterocycles. The van der Waals surface area contributed by atoms with Gasteiger partial charge >= 0.3 is 0 Å². The van der Waals surface area contributed by atoms with E-state index >= 15 is 0 Å². The number of aromatic nitrogens is 4. The second-order valence-electron chi connectivity index (χ2n) is 4.87. The molecule has 9 heteroatoms. The summed E-state index contributed by atoms with van der Waals surface area (Å²) in [7, 11) is 0. The van der Waals surface area contributed by atoms with E-state index in [2.05, 4.69) is 15.4 Å². The van der Waals surface area contributed by atoms with Gasteiger partial charge in [0.15, 0.2) is 11.0 Å². The van der Waals surface area contributed by atoms with Gasteiger partial charge in [0.25, 0.3) is 0 Å². The van der Waals surface area contributed by atoms with Gasteiger partial charge in [-0.2, -0.15) is 0 Å². The van der Waals surface area contributed by atoms with Gasteiger partial charge in [0.2, 0.25) is 5.91 Å². The number of hydrogen-bond acceptors (Lipinski definition) is 7. The lowest BCUT2D eigenvalue weighted by Crippen LogP contribution is -2.14. The molecule has 0 aromatic carbocycles. The average molecular weight is 349 g/mol. The van der Waals surface area contributed by atoms with Gasteiger partial charge in [-0.15, -0.1) is 21.5 Å². The summed E-state index contributed by atoms with van der Waals surface area (Å²) in [5.41, 5.74) is 6.12. The molecule has 1 amide bonds. The molecule has 3 aromatic rings. The molecule has 0 bridgehead atoms. The number of aryl methyl sites for hydroxylation is 1. The first-order valence-electron chi connectivity index (χ1n) is 6.94. The Kier molecular flexibility index (Phi) is 4.77. The number of nitrogens with two attached hydrogens (primary N) is 1. The van der Waals surface area contributed by atoms with Crippen LogP contribution in [0.15, 0.2) is 33.3 Å². The zero-order valence-corrected chi connectivity index (χ0v) is 14.1. The Morgan fingerprint density at radius 3 is 3.00 bits per heavy atom. The van der Waals surface area contributed by atoms with Crippen LogP contribution in [-0.2, 0) is 17.1 Å². The molecule has 0 unspecified atom stereocenters. The van der Waals surface area contributed by atoms with E-state index in [1.165, 1.54) is 11.8 Å². The number of thioether (sulfide) groups is 1. The fraction of sp³-hybridized carbons (Fsp3) is 0.286. The minimum absolute atomic E-state index is 0.243. The molecule has 0 saturated carbocycles. The number of carbonyl (C=O) groups is 1. The Hall–Kier alpha value is -2.13. The number of thiophene rings is 1. The predicted molar refractivity (Wildman–Crippen MR) is 87.9 cm³/mol. The van der Waals surface area contributed by atoms with Crippen LogP contribution in [-0.4, -0.2) is 25.8 Å². The number of hydrogen-bond donors (Lipinski definition) is 1. The first kappa shape index (κ1) is 15.8. The Morgan fingerprint density at radius 2 is 2.35 bits per heavy atom. The van der Waals surface area contributed by atoms with Crippen LogP contribution in [0, 0.1) is 6.92 Å². The highest BCUT2D eigenvalue weighted by Gasteiger charge is 2.16. The van der Waals surface area contributed by atoms with Gasteiger partial charge in [0.1, 0.15) is 5.76 Å². The second kappa shape index (κ2) is 6.97. The van der Waals surface area contributed by atoms with Crippen molar-refractivity contribution in [3.8, 4) is 10.7 Å². The maximum Gasteiger partial charge on any atom is 0.219 e. The molecule has 0 aliphatic carbocycles. The van der Waals surface area contributed by atoms with Crippen LogP contribution in [0.25, 0.3) is 10.7 Å². The number of carbonyl (C=O) groups excluding carboxylic acids is 1. The highest BCUT2D eigenvalue weighted by atomic mass is 32.2. The summed E-state index contributed by atoms with van der Waals surface area (Å²) in [6, 6.07) is 5.82. The van der Waals surface area contributed by atoms with Crippen LogP contribution in [0.4, 0.5) is 0 Å². The van der Waals surface area contributed by atoms with Crippen LogP contribution in [0.3, 0.4) is 0 Å². The maximum atomic E-state index is 11.1. The Morgan fingerprint density at radius 1 is 1.48 bits per heavy atom. The topological polar surface area (TPSA) is 99.8 Å². The van der Waals surface area contributed by atoms with Gasteiger partial charge in [0.05, 0.1) is 10.6 Å². The average Bonchev–Trinajstić information content (AvgIpc) is 3.23. The van der Waals surface area contributed by atoms with Crippen molar-refractivity contribution >= 4 is 29.0 Å². The molecule has 2 N–H and O–H groups in total. The van der Waals surface area contributed by atoms with Crippen molar-refractivity contribution in [3.63, 3.8) is 0 Å². The molecule has 3 aromatic heterocycles. The van der Waals surface area contributed by atoms with Gasteiger partial charge in [-0.05, 0) is 18.4 Å².